The van der Waals surface area contributed by atoms with Crippen molar-refractivity contribution in [2.45, 2.75) is 31.2 Å². The van der Waals surface area contributed by atoms with Crippen LogP contribution in [0.2, 0.25) is 10.0 Å². The molecule has 150 valence electrons. The zero-order chi connectivity index (χ0) is 20.4. The lowest BCUT2D eigenvalue weighted by Crippen LogP contribution is -2.30. The van der Waals surface area contributed by atoms with Crippen molar-refractivity contribution in [2.24, 2.45) is 0 Å². The highest BCUT2D eigenvalue weighted by atomic mass is 35.5. The van der Waals surface area contributed by atoms with Crippen LogP contribution < -0.4 is 9.47 Å². The van der Waals surface area contributed by atoms with Crippen molar-refractivity contribution in [3.8, 4) is 0 Å². The molecule has 0 fully saturated rings. The van der Waals surface area contributed by atoms with Gasteiger partial charge < -0.3 is 4.90 Å². The number of allylic oxidation sites excluding steroid dienone is 4. The summed E-state index contributed by atoms with van der Waals surface area (Å²) in [5, 5.41) is 4.34. The number of aryl methyl sites for hydroxylation is 1. The number of aromatic nitrogens is 1. The Labute approximate surface area is 194 Å². The average molecular weight is 470 g/mol. The third kappa shape index (κ3) is 3.04. The van der Waals surface area contributed by atoms with Gasteiger partial charge in [0, 0.05) is 39.5 Å². The Bertz CT molecular complexity index is 1320. The summed E-state index contributed by atoms with van der Waals surface area (Å²) in [6.45, 7) is 4.28. The molecule has 0 bridgehead atoms. The Morgan fingerprint density at radius 2 is 1.93 bits per heavy atom. The second kappa shape index (κ2) is 7.16. The SMILES string of the molecule is CC(=CC1=C2Sc3ccc(Cl)cc3N2CC1)C=C1CC[n+]2c1sc1ccc(Cl)cc12. The number of fused-ring (bicyclic) bond motifs is 6. The molecule has 0 unspecified atom stereocenters. The molecule has 0 saturated heterocycles. The van der Waals surface area contributed by atoms with E-state index in [0.717, 1.165) is 36.0 Å². The van der Waals surface area contributed by atoms with E-state index in [4.69, 9.17) is 23.2 Å². The fourth-order valence-corrected chi connectivity index (χ4v) is 7.32. The molecule has 1 aromatic heterocycles. The van der Waals surface area contributed by atoms with Crippen LogP contribution in [0.15, 0.2) is 69.6 Å². The van der Waals surface area contributed by atoms with E-state index in [1.165, 1.54) is 47.6 Å². The van der Waals surface area contributed by atoms with Gasteiger partial charge in [-0.3, -0.25) is 0 Å². The van der Waals surface area contributed by atoms with Crippen LogP contribution in [0.25, 0.3) is 15.8 Å². The van der Waals surface area contributed by atoms with E-state index in [1.54, 1.807) is 0 Å². The molecule has 30 heavy (non-hydrogen) atoms. The molecular weight excluding hydrogens is 451 g/mol. The van der Waals surface area contributed by atoms with Crippen molar-refractivity contribution in [2.75, 3.05) is 11.4 Å². The highest BCUT2D eigenvalue weighted by molar-refractivity contribution is 8.03. The van der Waals surface area contributed by atoms with E-state index in [2.05, 4.69) is 52.8 Å². The van der Waals surface area contributed by atoms with Crippen LogP contribution in [0.5, 0.6) is 0 Å². The quantitative estimate of drug-likeness (QED) is 0.359. The lowest BCUT2D eigenvalue weighted by atomic mass is 10.1. The summed E-state index contributed by atoms with van der Waals surface area (Å²) in [5.74, 6) is 0. The van der Waals surface area contributed by atoms with Crippen LogP contribution in [0.1, 0.15) is 24.8 Å². The van der Waals surface area contributed by atoms with E-state index in [-0.39, 0.29) is 0 Å². The number of anilines is 1. The average Bonchev–Trinajstić information content (AvgIpc) is 3.45. The minimum atomic E-state index is 0.805. The van der Waals surface area contributed by atoms with Gasteiger partial charge in [0.1, 0.15) is 4.70 Å². The van der Waals surface area contributed by atoms with Gasteiger partial charge in [0.05, 0.1) is 10.7 Å². The molecule has 0 aliphatic carbocycles. The molecule has 2 nitrogen and oxygen atoms in total. The smallest absolute Gasteiger partial charge is 0.266 e. The zero-order valence-corrected chi connectivity index (χ0v) is 19.6. The Balaban J connectivity index is 1.33. The maximum atomic E-state index is 6.23. The van der Waals surface area contributed by atoms with Crippen LogP contribution in [0, 0.1) is 0 Å². The summed E-state index contributed by atoms with van der Waals surface area (Å²) < 4.78 is 3.72. The number of benzene rings is 2. The van der Waals surface area contributed by atoms with E-state index in [1.807, 2.05) is 35.2 Å². The number of halogens is 2. The lowest BCUT2D eigenvalue weighted by molar-refractivity contribution is -0.659. The Morgan fingerprint density at radius 1 is 1.10 bits per heavy atom. The first-order valence-electron chi connectivity index (χ1n) is 10.1. The Morgan fingerprint density at radius 3 is 2.83 bits per heavy atom. The van der Waals surface area contributed by atoms with Gasteiger partial charge in [-0.1, -0.05) is 57.9 Å². The summed E-state index contributed by atoms with van der Waals surface area (Å²) in [6.07, 6.45) is 6.90. The molecule has 2 aromatic carbocycles. The molecule has 0 atom stereocenters. The van der Waals surface area contributed by atoms with Gasteiger partial charge in [-0.05, 0) is 55.3 Å². The number of thiazole rings is 1. The third-order valence-electron chi connectivity index (χ3n) is 5.89. The monoisotopic (exact) mass is 469 g/mol. The number of thioether (sulfide) groups is 1. The molecule has 6 heteroatoms. The van der Waals surface area contributed by atoms with Crippen LogP contribution in [0.3, 0.4) is 0 Å². The summed E-state index contributed by atoms with van der Waals surface area (Å²) in [6, 6.07) is 12.4. The summed E-state index contributed by atoms with van der Waals surface area (Å²) >= 11 is 16.2. The Kier molecular flexibility index (Phi) is 4.54. The normalized spacial score (nSPS) is 19.2. The molecule has 0 radical (unpaired) electrons. The Hall–Kier alpha value is -1.72. The second-order valence-electron chi connectivity index (χ2n) is 7.92. The van der Waals surface area contributed by atoms with Gasteiger partial charge in [-0.25, -0.2) is 0 Å². The molecule has 3 aliphatic heterocycles. The standard InChI is InChI=1S/C24H19Cl2N2S2/c1-14(10-15-6-8-27-19-12-17(25)2-4-21(19)29-23(15)27)11-16-7-9-28-20-13-18(26)3-5-22(20)30-24(16)28/h2-5,10-13H,6-9H2,1H3/q+1. The highest BCUT2D eigenvalue weighted by Gasteiger charge is 2.32. The van der Waals surface area contributed by atoms with Crippen molar-refractivity contribution in [3.05, 3.63) is 79.8 Å². The predicted octanol–water partition coefficient (Wildman–Crippen LogP) is 7.46. The van der Waals surface area contributed by atoms with Crippen LogP contribution in [-0.2, 0) is 6.54 Å². The number of rotatable bonds is 2. The number of hydrogen-bond donors (Lipinski definition) is 0. The second-order valence-corrected chi connectivity index (χ2v) is 10.9. The summed E-state index contributed by atoms with van der Waals surface area (Å²) in [7, 11) is 0. The molecule has 6 rings (SSSR count). The van der Waals surface area contributed by atoms with Gasteiger partial charge in [0.2, 0.25) is 5.52 Å². The topological polar surface area (TPSA) is 7.12 Å². The predicted molar refractivity (Wildman–Crippen MR) is 130 cm³/mol. The van der Waals surface area contributed by atoms with Gasteiger partial charge in [0.25, 0.3) is 5.01 Å². The third-order valence-corrected chi connectivity index (χ3v) is 8.84. The van der Waals surface area contributed by atoms with Gasteiger partial charge in [-0.2, -0.15) is 4.57 Å². The first-order valence-corrected chi connectivity index (χ1v) is 12.4. The van der Waals surface area contributed by atoms with Crippen molar-refractivity contribution in [3.63, 3.8) is 0 Å². The molecule has 4 heterocycles. The first kappa shape index (κ1) is 19.0. The van der Waals surface area contributed by atoms with Crippen molar-refractivity contribution in [1.82, 2.24) is 0 Å². The van der Waals surface area contributed by atoms with Crippen molar-refractivity contribution < 1.29 is 4.57 Å². The van der Waals surface area contributed by atoms with Gasteiger partial charge >= 0.3 is 0 Å². The van der Waals surface area contributed by atoms with Crippen LogP contribution in [0.4, 0.5) is 5.69 Å². The largest absolute Gasteiger partial charge is 0.334 e. The molecule has 0 spiro atoms. The molecule has 3 aromatic rings. The lowest BCUT2D eigenvalue weighted by Gasteiger charge is -2.13. The fourth-order valence-electron chi connectivity index (χ4n) is 4.57. The summed E-state index contributed by atoms with van der Waals surface area (Å²) in [4.78, 5) is 3.72. The molecular formula is C24H19Cl2N2S2+. The maximum absolute atomic E-state index is 6.23. The minimum Gasteiger partial charge on any atom is -0.334 e. The van der Waals surface area contributed by atoms with E-state index in [9.17, 15) is 0 Å². The van der Waals surface area contributed by atoms with E-state index >= 15 is 0 Å². The molecule has 0 saturated carbocycles. The summed E-state index contributed by atoms with van der Waals surface area (Å²) in [5.41, 5.74) is 6.67. The maximum Gasteiger partial charge on any atom is 0.266 e. The molecule has 0 N–H and O–H groups in total. The molecule has 0 amide bonds. The van der Waals surface area contributed by atoms with E-state index < -0.39 is 0 Å². The van der Waals surface area contributed by atoms with Crippen LogP contribution in [-0.4, -0.2) is 6.54 Å². The highest BCUT2D eigenvalue weighted by Crippen LogP contribution is 2.51. The number of nitrogens with zero attached hydrogens (tertiary/aromatic N) is 2. The van der Waals surface area contributed by atoms with Crippen LogP contribution >= 0.6 is 46.3 Å². The zero-order valence-electron chi connectivity index (χ0n) is 16.4. The molecule has 3 aliphatic rings. The minimum absolute atomic E-state index is 0.805. The van der Waals surface area contributed by atoms with Crippen molar-refractivity contribution in [1.29, 1.82) is 0 Å². The van der Waals surface area contributed by atoms with E-state index in [0.29, 0.717) is 0 Å². The number of hydrogen-bond acceptors (Lipinski definition) is 3. The van der Waals surface area contributed by atoms with Gasteiger partial charge in [0.15, 0.2) is 6.54 Å². The first-order chi connectivity index (χ1) is 14.6. The fraction of sp³-hybridized carbons (Fsp3) is 0.208. The van der Waals surface area contributed by atoms with Gasteiger partial charge in [-0.15, -0.1) is 0 Å². The van der Waals surface area contributed by atoms with Crippen molar-refractivity contribution >= 4 is 67.8 Å².